The predicted molar refractivity (Wildman–Crippen MR) is 120 cm³/mol. The molecule has 1 aliphatic carbocycles. The molecule has 3 heterocycles. The van der Waals surface area contributed by atoms with Crippen LogP contribution in [0.15, 0.2) is 24.5 Å². The minimum Gasteiger partial charge on any atom is -0.495 e. The largest absolute Gasteiger partial charge is 0.495 e. The highest BCUT2D eigenvalue weighted by molar-refractivity contribution is 6.39. The summed E-state index contributed by atoms with van der Waals surface area (Å²) >= 11 is 0. The number of anilines is 1. The monoisotopic (exact) mass is 418 g/mol. The molecule has 0 amide bonds. The van der Waals surface area contributed by atoms with Crippen molar-refractivity contribution in [1.29, 1.82) is 0 Å². The molecule has 0 atom stereocenters. The molecule has 1 saturated carbocycles. The zero-order chi connectivity index (χ0) is 21.7. The van der Waals surface area contributed by atoms with Crippen molar-refractivity contribution in [2.45, 2.75) is 31.6 Å². The van der Waals surface area contributed by atoms with Gasteiger partial charge in [-0.2, -0.15) is 5.10 Å². The fourth-order valence-electron chi connectivity index (χ4n) is 4.66. The van der Waals surface area contributed by atoms with Gasteiger partial charge < -0.3 is 20.6 Å². The topological polar surface area (TPSA) is 131 Å². The lowest BCUT2D eigenvalue weighted by molar-refractivity contribution is -0.142. The summed E-state index contributed by atoms with van der Waals surface area (Å²) in [6, 6.07) is 6.01. The first-order valence-electron chi connectivity index (χ1n) is 10.4. The number of ether oxygens (including phenoxy) is 1. The van der Waals surface area contributed by atoms with E-state index in [2.05, 4.69) is 22.9 Å². The highest BCUT2D eigenvalue weighted by Crippen LogP contribution is 2.39. The van der Waals surface area contributed by atoms with E-state index in [0.717, 1.165) is 46.5 Å². The molecule has 0 bridgehead atoms. The molecule has 5 rings (SSSR count). The van der Waals surface area contributed by atoms with Gasteiger partial charge in [0.05, 0.1) is 24.2 Å². The highest BCUT2D eigenvalue weighted by Gasteiger charge is 2.31. The van der Waals surface area contributed by atoms with E-state index in [9.17, 15) is 9.90 Å². The maximum Gasteiger partial charge on any atom is 0.306 e. The smallest absolute Gasteiger partial charge is 0.306 e. The Morgan fingerprint density at radius 3 is 2.81 bits per heavy atom. The number of aromatic nitrogens is 5. The molecule has 4 N–H and O–H groups in total. The third-order valence-electron chi connectivity index (χ3n) is 6.38. The van der Waals surface area contributed by atoms with Crippen molar-refractivity contribution in [3.8, 4) is 17.1 Å². The summed E-state index contributed by atoms with van der Waals surface area (Å²) < 4.78 is 7.28. The Morgan fingerprint density at radius 1 is 1.32 bits per heavy atom. The standard InChI is InChI=1S/C21H23BN6O3/c1-31-15-7-6-13(22)12-8-14(26-16(12)15)17-18-19(23)24-9-25-28(18)20(27-17)10-2-4-11(5-3-10)21(29)30/h6-11,26H,2-5,22H2,1H3,(H,29,30)(H2,23,24,25)/t10-,11-. The molecule has 31 heavy (non-hydrogen) atoms. The van der Waals surface area contributed by atoms with Gasteiger partial charge in [0, 0.05) is 5.92 Å². The van der Waals surface area contributed by atoms with E-state index in [4.69, 9.17) is 15.5 Å². The van der Waals surface area contributed by atoms with E-state index < -0.39 is 5.97 Å². The Labute approximate surface area is 179 Å². The minimum atomic E-state index is -0.721. The number of carbonyl (C=O) groups is 1. The number of hydrogen-bond acceptors (Lipinski definition) is 6. The first-order valence-corrected chi connectivity index (χ1v) is 10.4. The van der Waals surface area contributed by atoms with Crippen LogP contribution in [0.1, 0.15) is 37.4 Å². The third kappa shape index (κ3) is 3.10. The molecule has 0 unspecified atom stereocenters. The maximum absolute atomic E-state index is 11.3. The van der Waals surface area contributed by atoms with E-state index in [0.29, 0.717) is 29.9 Å². The number of benzene rings is 1. The summed E-state index contributed by atoms with van der Waals surface area (Å²) in [5.74, 6) is 1.01. The van der Waals surface area contributed by atoms with Gasteiger partial charge >= 0.3 is 5.97 Å². The summed E-state index contributed by atoms with van der Waals surface area (Å²) in [5.41, 5.74) is 10.4. The lowest BCUT2D eigenvalue weighted by Gasteiger charge is -2.24. The summed E-state index contributed by atoms with van der Waals surface area (Å²) in [6.45, 7) is 0. The molecule has 0 spiro atoms. The molecule has 1 fully saturated rings. The molecular weight excluding hydrogens is 395 g/mol. The molecule has 158 valence electrons. The van der Waals surface area contributed by atoms with Crippen molar-refractivity contribution in [2.75, 3.05) is 12.8 Å². The number of aliphatic carboxylic acids is 1. The molecule has 1 aliphatic rings. The number of carboxylic acids is 1. The number of nitrogen functional groups attached to an aromatic ring is 1. The number of imidazole rings is 1. The van der Waals surface area contributed by atoms with Gasteiger partial charge in [0.2, 0.25) is 0 Å². The van der Waals surface area contributed by atoms with Crippen LogP contribution in [0.2, 0.25) is 0 Å². The van der Waals surface area contributed by atoms with Gasteiger partial charge in [-0.3, -0.25) is 4.79 Å². The fourth-order valence-corrected chi connectivity index (χ4v) is 4.66. The van der Waals surface area contributed by atoms with Crippen LogP contribution in [0.25, 0.3) is 27.8 Å². The van der Waals surface area contributed by atoms with Crippen molar-refractivity contribution in [3.63, 3.8) is 0 Å². The van der Waals surface area contributed by atoms with Gasteiger partial charge in [-0.25, -0.2) is 14.5 Å². The molecule has 4 aromatic rings. The normalized spacial score (nSPS) is 19.1. The van der Waals surface area contributed by atoms with Crippen LogP contribution in [0.3, 0.4) is 0 Å². The van der Waals surface area contributed by atoms with Gasteiger partial charge in [0.15, 0.2) is 5.82 Å². The first-order chi connectivity index (χ1) is 15.0. The van der Waals surface area contributed by atoms with Crippen LogP contribution in [0.4, 0.5) is 5.82 Å². The van der Waals surface area contributed by atoms with E-state index in [-0.39, 0.29) is 11.8 Å². The van der Waals surface area contributed by atoms with E-state index >= 15 is 0 Å². The highest BCUT2D eigenvalue weighted by atomic mass is 16.5. The zero-order valence-corrected chi connectivity index (χ0v) is 17.4. The second-order valence-corrected chi connectivity index (χ2v) is 8.17. The number of H-pyrrole nitrogens is 1. The summed E-state index contributed by atoms with van der Waals surface area (Å²) in [6.07, 6.45) is 4.19. The Kier molecular flexibility index (Phi) is 4.57. The van der Waals surface area contributed by atoms with Crippen LogP contribution in [0.5, 0.6) is 5.75 Å². The number of fused-ring (bicyclic) bond motifs is 2. The number of nitrogens with zero attached hydrogens (tertiary/aromatic N) is 4. The Hall–Kier alpha value is -3.56. The average Bonchev–Trinajstić information content (AvgIpc) is 3.38. The molecule has 0 aliphatic heterocycles. The number of hydrogen-bond donors (Lipinski definition) is 3. The Balaban J connectivity index is 1.65. The summed E-state index contributed by atoms with van der Waals surface area (Å²) in [5, 5.41) is 14.8. The molecular formula is C21H23BN6O3. The van der Waals surface area contributed by atoms with Crippen molar-refractivity contribution < 1.29 is 14.6 Å². The van der Waals surface area contributed by atoms with Crippen molar-refractivity contribution >= 4 is 41.5 Å². The van der Waals surface area contributed by atoms with Crippen LogP contribution in [-0.4, -0.2) is 50.6 Å². The Morgan fingerprint density at radius 2 is 2.10 bits per heavy atom. The quantitative estimate of drug-likeness (QED) is 0.428. The Bertz CT molecular complexity index is 1310. The zero-order valence-electron chi connectivity index (χ0n) is 17.4. The molecule has 9 nitrogen and oxygen atoms in total. The number of nitrogens with one attached hydrogen (secondary N) is 1. The fraction of sp³-hybridized carbons (Fsp3) is 0.333. The van der Waals surface area contributed by atoms with E-state index in [1.165, 1.54) is 6.33 Å². The number of aromatic amines is 1. The van der Waals surface area contributed by atoms with E-state index in [1.807, 2.05) is 18.2 Å². The number of nitrogens with two attached hydrogens (primary N) is 1. The lowest BCUT2D eigenvalue weighted by Crippen LogP contribution is -2.21. The van der Waals surface area contributed by atoms with Crippen molar-refractivity contribution in [2.24, 2.45) is 5.92 Å². The number of rotatable bonds is 4. The van der Waals surface area contributed by atoms with E-state index in [1.54, 1.807) is 11.6 Å². The molecule has 0 radical (unpaired) electrons. The SMILES string of the molecule is Bc1ccc(OC)c2[nH]c(-c3nc([C@H]4CC[C@H](C(=O)O)CC4)n4ncnc(N)c34)cc12. The molecule has 1 aromatic carbocycles. The predicted octanol–water partition coefficient (Wildman–Crippen LogP) is 1.48. The van der Waals surface area contributed by atoms with Crippen molar-refractivity contribution in [3.05, 3.63) is 30.4 Å². The summed E-state index contributed by atoms with van der Waals surface area (Å²) in [7, 11) is 3.70. The molecule has 3 aromatic heterocycles. The average molecular weight is 418 g/mol. The third-order valence-corrected chi connectivity index (χ3v) is 6.38. The number of carboxylic acid groups (broad SMARTS) is 1. The van der Waals surface area contributed by atoms with Gasteiger partial charge in [-0.15, -0.1) is 0 Å². The minimum absolute atomic E-state index is 0.117. The van der Waals surface area contributed by atoms with Gasteiger partial charge in [-0.1, -0.05) is 11.5 Å². The lowest BCUT2D eigenvalue weighted by atomic mass is 9.82. The van der Waals surface area contributed by atoms with Crippen LogP contribution in [0, 0.1) is 5.92 Å². The van der Waals surface area contributed by atoms with Crippen LogP contribution in [-0.2, 0) is 4.79 Å². The van der Waals surface area contributed by atoms with Gasteiger partial charge in [0.1, 0.15) is 37.0 Å². The van der Waals surface area contributed by atoms with Crippen molar-refractivity contribution in [1.82, 2.24) is 24.6 Å². The first kappa shape index (κ1) is 19.4. The van der Waals surface area contributed by atoms with Crippen LogP contribution >= 0.6 is 0 Å². The second-order valence-electron chi connectivity index (χ2n) is 8.17. The molecule has 0 saturated heterocycles. The second kappa shape index (κ2) is 7.30. The molecule has 10 heteroatoms. The summed E-state index contributed by atoms with van der Waals surface area (Å²) in [4.78, 5) is 23.9. The maximum atomic E-state index is 11.3. The van der Waals surface area contributed by atoms with Crippen LogP contribution < -0.4 is 15.9 Å². The van der Waals surface area contributed by atoms with Gasteiger partial charge in [-0.05, 0) is 43.2 Å². The van der Waals surface area contributed by atoms with Gasteiger partial charge in [0.25, 0.3) is 0 Å². The number of methoxy groups -OCH3 is 1.